The minimum absolute atomic E-state index is 0.190. The lowest BCUT2D eigenvalue weighted by Crippen LogP contribution is -2.26. The van der Waals surface area contributed by atoms with Gasteiger partial charge < -0.3 is 4.90 Å². The number of alkyl halides is 3. The summed E-state index contributed by atoms with van der Waals surface area (Å²) < 4.78 is 38.2. The molecule has 0 saturated heterocycles. The molecule has 1 aromatic carbocycles. The molecule has 1 aliphatic heterocycles. The first kappa shape index (κ1) is 11.7. The monoisotopic (exact) mass is 241 g/mol. The fourth-order valence-electron chi connectivity index (χ4n) is 2.04. The van der Waals surface area contributed by atoms with Crippen LogP contribution in [-0.4, -0.2) is 12.5 Å². The van der Waals surface area contributed by atoms with Gasteiger partial charge in [-0.2, -0.15) is 13.2 Å². The molecule has 90 valence electrons. The molecule has 2 rings (SSSR count). The van der Waals surface area contributed by atoms with Crippen LogP contribution >= 0.6 is 0 Å². The van der Waals surface area contributed by atoms with Gasteiger partial charge in [-0.3, -0.25) is 4.79 Å². The van der Waals surface area contributed by atoms with Gasteiger partial charge in [-0.1, -0.05) is 12.6 Å². The highest BCUT2D eigenvalue weighted by molar-refractivity contribution is 6.02. The predicted octanol–water partition coefficient (Wildman–Crippen LogP) is 2.78. The number of halogens is 3. The molecule has 0 saturated carbocycles. The Balaban J connectivity index is 2.50. The van der Waals surface area contributed by atoms with Crippen molar-refractivity contribution < 1.29 is 18.0 Å². The summed E-state index contributed by atoms with van der Waals surface area (Å²) in [6.07, 6.45) is -3.04. The van der Waals surface area contributed by atoms with E-state index in [0.717, 1.165) is 12.1 Å². The molecule has 0 spiro atoms. The van der Waals surface area contributed by atoms with Crippen LogP contribution in [0.3, 0.4) is 0 Å². The van der Waals surface area contributed by atoms with Gasteiger partial charge >= 0.3 is 6.18 Å². The molecule has 17 heavy (non-hydrogen) atoms. The lowest BCUT2D eigenvalue weighted by molar-refractivity contribution is -0.138. The summed E-state index contributed by atoms with van der Waals surface area (Å²) in [5.74, 6) is -0.372. The standard InChI is InChI=1S/C12H10F3NO/c1-2-11(17)16-7-6-8-9(12(13,14)15)4-3-5-10(8)16/h2-5H,1,6-7H2. The van der Waals surface area contributed by atoms with Crippen molar-refractivity contribution in [3.8, 4) is 0 Å². The summed E-state index contributed by atoms with van der Waals surface area (Å²) in [6, 6.07) is 3.88. The summed E-state index contributed by atoms with van der Waals surface area (Å²) in [5, 5.41) is 0. The van der Waals surface area contributed by atoms with E-state index in [0.29, 0.717) is 5.69 Å². The molecule has 2 nitrogen and oxygen atoms in total. The van der Waals surface area contributed by atoms with Gasteiger partial charge in [-0.25, -0.2) is 0 Å². The van der Waals surface area contributed by atoms with Crippen LogP contribution in [0.25, 0.3) is 0 Å². The Morgan fingerprint density at radius 3 is 2.71 bits per heavy atom. The lowest BCUT2D eigenvalue weighted by Gasteiger charge is -2.16. The third-order valence-electron chi connectivity index (χ3n) is 2.77. The molecule has 0 radical (unpaired) electrons. The van der Waals surface area contributed by atoms with E-state index in [1.807, 2.05) is 0 Å². The van der Waals surface area contributed by atoms with Crippen LogP contribution in [0.5, 0.6) is 0 Å². The first-order chi connectivity index (χ1) is 7.95. The number of nitrogens with zero attached hydrogens (tertiary/aromatic N) is 1. The molecular weight excluding hydrogens is 231 g/mol. The normalized spacial score (nSPS) is 14.6. The molecule has 1 aromatic rings. The number of carbonyl (C=O) groups is 1. The number of rotatable bonds is 1. The highest BCUT2D eigenvalue weighted by atomic mass is 19.4. The molecule has 0 fully saturated rings. The average Bonchev–Trinajstić information content (AvgIpc) is 2.69. The summed E-state index contributed by atoms with van der Waals surface area (Å²) >= 11 is 0. The number of anilines is 1. The first-order valence-electron chi connectivity index (χ1n) is 5.08. The van der Waals surface area contributed by atoms with Crippen LogP contribution in [0.4, 0.5) is 18.9 Å². The Kier molecular flexibility index (Phi) is 2.69. The molecule has 0 unspecified atom stereocenters. The van der Waals surface area contributed by atoms with Crippen LogP contribution in [0.2, 0.25) is 0 Å². The number of hydrogen-bond acceptors (Lipinski definition) is 1. The van der Waals surface area contributed by atoms with E-state index in [4.69, 9.17) is 0 Å². The van der Waals surface area contributed by atoms with Gasteiger partial charge in [0, 0.05) is 12.2 Å². The number of amides is 1. The second-order valence-electron chi connectivity index (χ2n) is 3.75. The van der Waals surface area contributed by atoms with Crippen LogP contribution < -0.4 is 4.90 Å². The van der Waals surface area contributed by atoms with Gasteiger partial charge in [-0.05, 0) is 30.2 Å². The summed E-state index contributed by atoms with van der Waals surface area (Å²) in [5.41, 5.74) is -0.130. The number of benzene rings is 1. The van der Waals surface area contributed by atoms with Gasteiger partial charge in [0.2, 0.25) is 5.91 Å². The van der Waals surface area contributed by atoms with E-state index in [1.165, 1.54) is 17.0 Å². The highest BCUT2D eigenvalue weighted by Gasteiger charge is 2.37. The largest absolute Gasteiger partial charge is 0.416 e. The number of carbonyl (C=O) groups excluding carboxylic acids is 1. The Morgan fingerprint density at radius 1 is 1.41 bits per heavy atom. The van der Waals surface area contributed by atoms with Crippen LogP contribution in [0.15, 0.2) is 30.9 Å². The van der Waals surface area contributed by atoms with E-state index in [9.17, 15) is 18.0 Å². The first-order valence-corrected chi connectivity index (χ1v) is 5.08. The summed E-state index contributed by atoms with van der Waals surface area (Å²) in [7, 11) is 0. The molecule has 5 heteroatoms. The minimum atomic E-state index is -4.38. The zero-order valence-electron chi connectivity index (χ0n) is 8.92. The van der Waals surface area contributed by atoms with Crippen molar-refractivity contribution in [2.24, 2.45) is 0 Å². The van der Waals surface area contributed by atoms with Gasteiger partial charge in [0.25, 0.3) is 0 Å². The second kappa shape index (κ2) is 3.91. The Bertz CT molecular complexity index is 479. The van der Waals surface area contributed by atoms with Crippen molar-refractivity contribution in [1.82, 2.24) is 0 Å². The van der Waals surface area contributed by atoms with Gasteiger partial charge in [0.1, 0.15) is 0 Å². The smallest absolute Gasteiger partial charge is 0.308 e. The zero-order chi connectivity index (χ0) is 12.6. The predicted molar refractivity (Wildman–Crippen MR) is 57.7 cm³/mol. The van der Waals surface area contributed by atoms with Crippen molar-refractivity contribution in [3.05, 3.63) is 42.0 Å². The van der Waals surface area contributed by atoms with E-state index in [1.54, 1.807) is 0 Å². The van der Waals surface area contributed by atoms with E-state index in [-0.39, 0.29) is 24.4 Å². The molecule has 1 aliphatic rings. The number of hydrogen-bond donors (Lipinski definition) is 0. The second-order valence-corrected chi connectivity index (χ2v) is 3.75. The third-order valence-corrected chi connectivity index (χ3v) is 2.77. The minimum Gasteiger partial charge on any atom is -0.308 e. The van der Waals surface area contributed by atoms with Crippen LogP contribution in [0.1, 0.15) is 11.1 Å². The molecular formula is C12H10F3NO. The molecule has 1 amide bonds. The van der Waals surface area contributed by atoms with Gasteiger partial charge in [0.15, 0.2) is 0 Å². The Labute approximate surface area is 96.3 Å². The molecule has 0 bridgehead atoms. The van der Waals surface area contributed by atoms with Crippen molar-refractivity contribution >= 4 is 11.6 Å². The number of fused-ring (bicyclic) bond motifs is 1. The van der Waals surface area contributed by atoms with Gasteiger partial charge in [0.05, 0.1) is 5.56 Å². The van der Waals surface area contributed by atoms with Crippen molar-refractivity contribution in [2.45, 2.75) is 12.6 Å². The fourth-order valence-corrected chi connectivity index (χ4v) is 2.04. The Hall–Kier alpha value is -1.78. The van der Waals surface area contributed by atoms with Crippen LogP contribution in [0, 0.1) is 0 Å². The molecule has 0 atom stereocenters. The quantitative estimate of drug-likeness (QED) is 0.692. The van der Waals surface area contributed by atoms with E-state index < -0.39 is 11.7 Å². The van der Waals surface area contributed by atoms with Crippen molar-refractivity contribution in [3.63, 3.8) is 0 Å². The van der Waals surface area contributed by atoms with Crippen molar-refractivity contribution in [1.29, 1.82) is 0 Å². The van der Waals surface area contributed by atoms with Crippen LogP contribution in [-0.2, 0) is 17.4 Å². The topological polar surface area (TPSA) is 20.3 Å². The maximum Gasteiger partial charge on any atom is 0.416 e. The summed E-state index contributed by atoms with van der Waals surface area (Å²) in [4.78, 5) is 12.8. The maximum absolute atomic E-state index is 12.7. The van der Waals surface area contributed by atoms with E-state index in [2.05, 4.69) is 6.58 Å². The highest BCUT2D eigenvalue weighted by Crippen LogP contribution is 2.39. The van der Waals surface area contributed by atoms with E-state index >= 15 is 0 Å². The zero-order valence-corrected chi connectivity index (χ0v) is 8.92. The maximum atomic E-state index is 12.7. The molecule has 1 heterocycles. The fraction of sp³-hybridized carbons (Fsp3) is 0.250. The average molecular weight is 241 g/mol. The lowest BCUT2D eigenvalue weighted by atomic mass is 10.0. The molecule has 0 N–H and O–H groups in total. The Morgan fingerprint density at radius 2 is 2.12 bits per heavy atom. The third kappa shape index (κ3) is 1.92. The molecule has 0 aliphatic carbocycles. The summed E-state index contributed by atoms with van der Waals surface area (Å²) in [6.45, 7) is 3.61. The van der Waals surface area contributed by atoms with Crippen molar-refractivity contribution in [2.75, 3.05) is 11.4 Å². The molecule has 0 aromatic heterocycles. The SMILES string of the molecule is C=CC(=O)N1CCc2c1cccc2C(F)(F)F. The van der Waals surface area contributed by atoms with Gasteiger partial charge in [-0.15, -0.1) is 0 Å².